The minimum absolute atomic E-state index is 0.228. The van der Waals surface area contributed by atoms with Crippen LogP contribution in [0.15, 0.2) is 16.5 Å². The van der Waals surface area contributed by atoms with Gasteiger partial charge in [0.15, 0.2) is 5.76 Å². The Morgan fingerprint density at radius 2 is 2.23 bits per heavy atom. The van der Waals surface area contributed by atoms with Crippen LogP contribution in [0.1, 0.15) is 34.1 Å². The first-order chi connectivity index (χ1) is 10.5. The van der Waals surface area contributed by atoms with Gasteiger partial charge in [0.2, 0.25) is 0 Å². The van der Waals surface area contributed by atoms with Crippen LogP contribution in [-0.4, -0.2) is 35.9 Å². The fourth-order valence-corrected chi connectivity index (χ4v) is 2.20. The van der Waals surface area contributed by atoms with Crippen LogP contribution in [0, 0.1) is 13.8 Å². The van der Waals surface area contributed by atoms with Crippen LogP contribution in [0.5, 0.6) is 0 Å². The third-order valence-electron chi connectivity index (χ3n) is 3.30. The molecule has 0 radical (unpaired) electrons. The van der Waals surface area contributed by atoms with E-state index in [9.17, 15) is 4.79 Å². The van der Waals surface area contributed by atoms with Gasteiger partial charge in [-0.2, -0.15) is 5.10 Å². The van der Waals surface area contributed by atoms with Crippen LogP contribution in [-0.2, 0) is 11.3 Å². The average molecular weight is 326 g/mol. The Labute approximate surface area is 134 Å². The van der Waals surface area contributed by atoms with Crippen molar-refractivity contribution in [3.63, 3.8) is 0 Å². The summed E-state index contributed by atoms with van der Waals surface area (Å²) in [5, 5.41) is 7.77. The van der Waals surface area contributed by atoms with Gasteiger partial charge in [-0.05, 0) is 32.4 Å². The lowest BCUT2D eigenvalue weighted by Crippen LogP contribution is -2.24. The van der Waals surface area contributed by atoms with Crippen molar-refractivity contribution in [2.45, 2.75) is 26.8 Å². The zero-order valence-electron chi connectivity index (χ0n) is 13.0. The zero-order valence-corrected chi connectivity index (χ0v) is 13.7. The number of methoxy groups -OCH3 is 1. The third kappa shape index (κ3) is 3.90. The monoisotopic (exact) mass is 325 g/mol. The molecular formula is C15H20ClN3O3. The van der Waals surface area contributed by atoms with E-state index in [1.54, 1.807) is 23.9 Å². The fraction of sp³-hybridized carbons (Fsp3) is 0.467. The van der Waals surface area contributed by atoms with Crippen LogP contribution >= 0.6 is 11.6 Å². The number of hydrogen-bond donors (Lipinski definition) is 1. The van der Waals surface area contributed by atoms with Crippen LogP contribution in [0.25, 0.3) is 0 Å². The van der Waals surface area contributed by atoms with E-state index in [4.69, 9.17) is 20.8 Å². The molecule has 7 heteroatoms. The van der Waals surface area contributed by atoms with E-state index in [1.165, 1.54) is 0 Å². The first-order valence-corrected chi connectivity index (χ1v) is 7.46. The predicted octanol–water partition coefficient (Wildman–Crippen LogP) is 2.56. The van der Waals surface area contributed by atoms with E-state index in [1.807, 2.05) is 13.8 Å². The standard InChI is InChI=1S/C15H20ClN3O3/c1-10-14(16)11(2)19(18-10)9-12-5-6-13(22-12)15(20)17-7-4-8-21-3/h5-6H,4,7-9H2,1-3H3,(H,17,20). The van der Waals surface area contributed by atoms with E-state index >= 15 is 0 Å². The van der Waals surface area contributed by atoms with Crippen molar-refractivity contribution >= 4 is 17.5 Å². The van der Waals surface area contributed by atoms with E-state index in [0.717, 1.165) is 17.8 Å². The number of rotatable bonds is 7. The largest absolute Gasteiger partial charge is 0.454 e. The Kier molecular flexibility index (Phi) is 5.63. The molecule has 6 nitrogen and oxygen atoms in total. The van der Waals surface area contributed by atoms with Crippen LogP contribution in [0.3, 0.4) is 0 Å². The van der Waals surface area contributed by atoms with E-state index in [2.05, 4.69) is 10.4 Å². The fourth-order valence-electron chi connectivity index (χ4n) is 2.07. The first kappa shape index (κ1) is 16.6. The Morgan fingerprint density at radius 3 is 2.86 bits per heavy atom. The molecule has 0 aliphatic rings. The van der Waals surface area contributed by atoms with Gasteiger partial charge in [0.25, 0.3) is 5.91 Å². The summed E-state index contributed by atoms with van der Waals surface area (Å²) in [5.74, 6) is 0.720. The van der Waals surface area contributed by atoms with Crippen LogP contribution in [0.2, 0.25) is 5.02 Å². The summed E-state index contributed by atoms with van der Waals surface area (Å²) in [6.45, 7) is 5.36. The highest BCUT2D eigenvalue weighted by Gasteiger charge is 2.14. The van der Waals surface area contributed by atoms with Gasteiger partial charge in [0, 0.05) is 20.3 Å². The lowest BCUT2D eigenvalue weighted by molar-refractivity contribution is 0.0919. The molecule has 0 atom stereocenters. The Morgan fingerprint density at radius 1 is 1.45 bits per heavy atom. The minimum atomic E-state index is -0.228. The van der Waals surface area contributed by atoms with Crippen molar-refractivity contribution < 1.29 is 13.9 Å². The number of nitrogens with one attached hydrogen (secondary N) is 1. The van der Waals surface area contributed by atoms with E-state index in [-0.39, 0.29) is 5.91 Å². The predicted molar refractivity (Wildman–Crippen MR) is 83.3 cm³/mol. The van der Waals surface area contributed by atoms with Gasteiger partial charge in [0.1, 0.15) is 5.76 Å². The minimum Gasteiger partial charge on any atom is -0.454 e. The van der Waals surface area contributed by atoms with Gasteiger partial charge in [0.05, 0.1) is 23.0 Å². The molecule has 0 saturated carbocycles. The smallest absolute Gasteiger partial charge is 0.286 e. The number of carbonyl (C=O) groups excluding carboxylic acids is 1. The quantitative estimate of drug-likeness (QED) is 0.794. The molecule has 0 bridgehead atoms. The number of amides is 1. The van der Waals surface area contributed by atoms with Crippen LogP contribution in [0.4, 0.5) is 0 Å². The molecular weight excluding hydrogens is 306 g/mol. The maximum Gasteiger partial charge on any atom is 0.286 e. The summed E-state index contributed by atoms with van der Waals surface area (Å²) in [6, 6.07) is 3.43. The molecule has 0 fully saturated rings. The molecule has 120 valence electrons. The van der Waals surface area contributed by atoms with Crippen molar-refractivity contribution in [1.29, 1.82) is 0 Å². The second-order valence-corrected chi connectivity index (χ2v) is 5.39. The topological polar surface area (TPSA) is 69.3 Å². The summed E-state index contributed by atoms with van der Waals surface area (Å²) >= 11 is 6.11. The van der Waals surface area contributed by atoms with Crippen molar-refractivity contribution in [3.05, 3.63) is 40.1 Å². The van der Waals surface area contributed by atoms with Gasteiger partial charge >= 0.3 is 0 Å². The molecule has 2 rings (SSSR count). The van der Waals surface area contributed by atoms with Crippen molar-refractivity contribution in [1.82, 2.24) is 15.1 Å². The van der Waals surface area contributed by atoms with Gasteiger partial charge in [-0.3, -0.25) is 9.48 Å². The number of furan rings is 1. The average Bonchev–Trinajstić information content (AvgIpc) is 3.05. The third-order valence-corrected chi connectivity index (χ3v) is 3.84. The molecule has 22 heavy (non-hydrogen) atoms. The van der Waals surface area contributed by atoms with Crippen molar-refractivity contribution in [2.24, 2.45) is 0 Å². The molecule has 0 aliphatic carbocycles. The molecule has 1 N–H and O–H groups in total. The van der Waals surface area contributed by atoms with Gasteiger partial charge in [-0.15, -0.1) is 0 Å². The number of ether oxygens (including phenoxy) is 1. The normalized spacial score (nSPS) is 10.9. The highest BCUT2D eigenvalue weighted by atomic mass is 35.5. The molecule has 2 aromatic heterocycles. The number of aromatic nitrogens is 2. The Hall–Kier alpha value is -1.79. The summed E-state index contributed by atoms with van der Waals surface area (Å²) in [5.41, 5.74) is 1.66. The van der Waals surface area contributed by atoms with Gasteiger partial charge in [-0.1, -0.05) is 11.6 Å². The second-order valence-electron chi connectivity index (χ2n) is 5.01. The maximum atomic E-state index is 11.9. The number of hydrogen-bond acceptors (Lipinski definition) is 4. The van der Waals surface area contributed by atoms with Gasteiger partial charge in [-0.25, -0.2) is 0 Å². The summed E-state index contributed by atoms with van der Waals surface area (Å²) in [4.78, 5) is 11.9. The number of nitrogens with zero attached hydrogens (tertiary/aromatic N) is 2. The molecule has 1 amide bonds. The number of aryl methyl sites for hydroxylation is 1. The Bertz CT molecular complexity index is 648. The van der Waals surface area contributed by atoms with Gasteiger partial charge < -0.3 is 14.5 Å². The van der Waals surface area contributed by atoms with Crippen molar-refractivity contribution in [2.75, 3.05) is 20.3 Å². The van der Waals surface area contributed by atoms with Crippen LogP contribution < -0.4 is 5.32 Å². The molecule has 2 aromatic rings. The SMILES string of the molecule is COCCCNC(=O)c1ccc(Cn2nc(C)c(Cl)c2C)o1. The van der Waals surface area contributed by atoms with Crippen molar-refractivity contribution in [3.8, 4) is 0 Å². The first-order valence-electron chi connectivity index (χ1n) is 7.08. The number of halogens is 1. The second kappa shape index (κ2) is 7.47. The van der Waals surface area contributed by atoms with E-state index < -0.39 is 0 Å². The molecule has 0 aliphatic heterocycles. The zero-order chi connectivity index (χ0) is 16.1. The molecule has 2 heterocycles. The highest BCUT2D eigenvalue weighted by Crippen LogP contribution is 2.20. The summed E-state index contributed by atoms with van der Waals surface area (Å²) in [6.07, 6.45) is 0.764. The number of carbonyl (C=O) groups is 1. The highest BCUT2D eigenvalue weighted by molar-refractivity contribution is 6.31. The lowest BCUT2D eigenvalue weighted by atomic mass is 10.3. The maximum absolute atomic E-state index is 11.9. The summed E-state index contributed by atoms with van der Waals surface area (Å²) in [7, 11) is 1.63. The molecule has 0 spiro atoms. The lowest BCUT2D eigenvalue weighted by Gasteiger charge is -2.03. The summed E-state index contributed by atoms with van der Waals surface area (Å²) < 4.78 is 12.3. The molecule has 0 saturated heterocycles. The van der Waals surface area contributed by atoms with E-state index in [0.29, 0.717) is 36.2 Å². The molecule has 0 unspecified atom stereocenters. The Balaban J connectivity index is 1.96. The molecule has 0 aromatic carbocycles.